The minimum absolute atomic E-state index is 0.135. The van der Waals surface area contributed by atoms with Crippen molar-refractivity contribution in [3.63, 3.8) is 0 Å². The monoisotopic (exact) mass is 358 g/mol. The Bertz CT molecular complexity index is 817. The first-order valence-electron chi connectivity index (χ1n) is 6.91. The second kappa shape index (κ2) is 6.79. The summed E-state index contributed by atoms with van der Waals surface area (Å²) in [6, 6.07) is 5.04. The van der Waals surface area contributed by atoms with Gasteiger partial charge in [-0.05, 0) is 26.0 Å². The number of benzene rings is 1. The van der Waals surface area contributed by atoms with E-state index in [0.29, 0.717) is 0 Å². The molecule has 1 aromatic heterocycles. The van der Waals surface area contributed by atoms with E-state index in [4.69, 9.17) is 0 Å². The number of aromatic nitrogens is 2. The number of rotatable bonds is 5. The molecule has 2 rings (SSSR count). The van der Waals surface area contributed by atoms with Gasteiger partial charge in [-0.1, -0.05) is 12.1 Å². The molecule has 2 aromatic rings. The lowest BCUT2D eigenvalue weighted by molar-refractivity contribution is -0.386. The number of carbonyl (C=O) groups excluding carboxylic acids is 1. The van der Waals surface area contributed by atoms with Crippen LogP contribution in [0.15, 0.2) is 24.3 Å². The molecule has 1 aromatic carbocycles. The number of carbonyl (C=O) groups is 1. The Kier molecular flexibility index (Phi) is 4.95. The second-order valence-corrected chi connectivity index (χ2v) is 5.03. The number of hydrogen-bond acceptors (Lipinski definition) is 5. The molecule has 0 aliphatic rings. The number of amides is 1. The molecule has 25 heavy (non-hydrogen) atoms. The molecular formula is C14H13F3N4O4. The Morgan fingerprint density at radius 1 is 1.36 bits per heavy atom. The first-order chi connectivity index (χ1) is 11.6. The normalized spacial score (nSPS) is 11.2. The van der Waals surface area contributed by atoms with Gasteiger partial charge in [0.2, 0.25) is 5.91 Å². The minimum Gasteiger partial charge on any atom is -0.404 e. The molecule has 1 amide bonds. The van der Waals surface area contributed by atoms with Crippen molar-refractivity contribution in [3.05, 3.63) is 45.8 Å². The highest BCUT2D eigenvalue weighted by molar-refractivity contribution is 5.92. The van der Waals surface area contributed by atoms with Gasteiger partial charge in [0, 0.05) is 0 Å². The summed E-state index contributed by atoms with van der Waals surface area (Å²) in [7, 11) is 0. The molecule has 0 spiro atoms. The largest absolute Gasteiger partial charge is 0.573 e. The Balaban J connectivity index is 2.17. The van der Waals surface area contributed by atoms with Gasteiger partial charge in [-0.15, -0.1) is 13.2 Å². The van der Waals surface area contributed by atoms with Crippen LogP contribution in [-0.2, 0) is 11.3 Å². The second-order valence-electron chi connectivity index (χ2n) is 5.03. The molecular weight excluding hydrogens is 345 g/mol. The highest BCUT2D eigenvalue weighted by atomic mass is 19.4. The molecule has 0 atom stereocenters. The van der Waals surface area contributed by atoms with Gasteiger partial charge in [0.25, 0.3) is 0 Å². The van der Waals surface area contributed by atoms with Crippen molar-refractivity contribution in [2.24, 2.45) is 0 Å². The van der Waals surface area contributed by atoms with Crippen LogP contribution in [0.1, 0.15) is 11.4 Å². The van der Waals surface area contributed by atoms with E-state index >= 15 is 0 Å². The lowest BCUT2D eigenvalue weighted by Gasteiger charge is -2.14. The van der Waals surface area contributed by atoms with Crippen LogP contribution in [-0.4, -0.2) is 27.0 Å². The molecule has 11 heteroatoms. The summed E-state index contributed by atoms with van der Waals surface area (Å²) in [5.74, 6) is -1.28. The van der Waals surface area contributed by atoms with Gasteiger partial charge in [0.1, 0.15) is 17.9 Å². The van der Waals surface area contributed by atoms with E-state index in [1.165, 1.54) is 32.0 Å². The Morgan fingerprint density at radius 2 is 2.00 bits per heavy atom. The smallest absolute Gasteiger partial charge is 0.404 e. The van der Waals surface area contributed by atoms with E-state index in [1.807, 2.05) is 0 Å². The topological polar surface area (TPSA) is 99.3 Å². The molecule has 134 valence electrons. The number of ether oxygens (including phenoxy) is 1. The van der Waals surface area contributed by atoms with Crippen LogP contribution in [0.5, 0.6) is 5.75 Å². The van der Waals surface area contributed by atoms with Crippen molar-refractivity contribution >= 4 is 17.3 Å². The average molecular weight is 358 g/mol. The lowest BCUT2D eigenvalue weighted by atomic mass is 10.3. The third-order valence-electron chi connectivity index (χ3n) is 3.21. The number of nitrogens with zero attached hydrogens (tertiary/aromatic N) is 3. The molecule has 0 aliphatic carbocycles. The maximum Gasteiger partial charge on any atom is 0.573 e. The average Bonchev–Trinajstić information content (AvgIpc) is 2.73. The van der Waals surface area contributed by atoms with Crippen LogP contribution in [0.3, 0.4) is 0 Å². The number of nitrogens with one attached hydrogen (secondary N) is 1. The molecule has 1 heterocycles. The number of alkyl halides is 3. The maximum atomic E-state index is 12.4. The molecule has 0 fully saturated rings. The first-order valence-corrected chi connectivity index (χ1v) is 6.91. The van der Waals surface area contributed by atoms with Crippen molar-refractivity contribution in [1.82, 2.24) is 9.78 Å². The number of nitro groups is 1. The van der Waals surface area contributed by atoms with Gasteiger partial charge >= 0.3 is 12.0 Å². The predicted octanol–water partition coefficient (Wildman–Crippen LogP) is 2.95. The van der Waals surface area contributed by atoms with E-state index in [0.717, 1.165) is 10.7 Å². The van der Waals surface area contributed by atoms with E-state index in [9.17, 15) is 28.1 Å². The van der Waals surface area contributed by atoms with Crippen molar-refractivity contribution in [3.8, 4) is 5.75 Å². The summed E-state index contributed by atoms with van der Waals surface area (Å²) in [6.45, 7) is 2.44. The van der Waals surface area contributed by atoms with Crippen LogP contribution >= 0.6 is 0 Å². The summed E-state index contributed by atoms with van der Waals surface area (Å²) >= 11 is 0. The number of halogens is 3. The van der Waals surface area contributed by atoms with Gasteiger partial charge in [0.15, 0.2) is 5.75 Å². The molecule has 0 saturated heterocycles. The highest BCUT2D eigenvalue weighted by Gasteiger charge is 2.32. The van der Waals surface area contributed by atoms with Gasteiger partial charge in [-0.2, -0.15) is 5.10 Å². The zero-order valence-corrected chi connectivity index (χ0v) is 13.1. The molecule has 0 saturated carbocycles. The van der Waals surface area contributed by atoms with E-state index in [1.54, 1.807) is 0 Å². The van der Waals surface area contributed by atoms with Crippen molar-refractivity contribution in [2.75, 3.05) is 5.32 Å². The molecule has 0 aliphatic heterocycles. The number of para-hydroxylation sites is 2. The Labute approximate surface area is 139 Å². The number of aryl methyl sites for hydroxylation is 1. The van der Waals surface area contributed by atoms with Crippen LogP contribution < -0.4 is 10.1 Å². The predicted molar refractivity (Wildman–Crippen MR) is 80.1 cm³/mol. The summed E-state index contributed by atoms with van der Waals surface area (Å²) in [4.78, 5) is 22.4. The highest BCUT2D eigenvalue weighted by Crippen LogP contribution is 2.30. The van der Waals surface area contributed by atoms with Crippen LogP contribution in [0.2, 0.25) is 0 Å². The van der Waals surface area contributed by atoms with E-state index < -0.39 is 29.5 Å². The van der Waals surface area contributed by atoms with Gasteiger partial charge in [0.05, 0.1) is 10.6 Å². The molecule has 1 N–H and O–H groups in total. The van der Waals surface area contributed by atoms with E-state index in [-0.39, 0.29) is 22.8 Å². The fourth-order valence-electron chi connectivity index (χ4n) is 2.21. The van der Waals surface area contributed by atoms with E-state index in [2.05, 4.69) is 15.2 Å². The van der Waals surface area contributed by atoms with Crippen LogP contribution in [0.4, 0.5) is 24.5 Å². The molecule has 0 bridgehead atoms. The third kappa shape index (κ3) is 4.46. The summed E-state index contributed by atoms with van der Waals surface area (Å²) in [5.41, 5.74) is -0.0944. The first kappa shape index (κ1) is 18.2. The third-order valence-corrected chi connectivity index (χ3v) is 3.21. The Morgan fingerprint density at radius 3 is 2.56 bits per heavy atom. The minimum atomic E-state index is -4.91. The Hall–Kier alpha value is -3.11. The fraction of sp³-hybridized carbons (Fsp3) is 0.286. The quantitative estimate of drug-likeness (QED) is 0.654. The molecule has 0 unspecified atom stereocenters. The molecule has 8 nitrogen and oxygen atoms in total. The lowest BCUT2D eigenvalue weighted by Crippen LogP contribution is -2.22. The molecule has 0 radical (unpaired) electrons. The zero-order chi connectivity index (χ0) is 18.8. The standard InChI is InChI=1S/C14H13F3N4O4/c1-8-13(21(23)24)9(2)20(19-8)7-12(22)18-10-5-3-4-6-11(10)25-14(15,16)17/h3-6H,7H2,1-2H3,(H,18,22). The zero-order valence-electron chi connectivity index (χ0n) is 13.1. The van der Waals surface area contributed by atoms with Crippen molar-refractivity contribution in [1.29, 1.82) is 0 Å². The summed E-state index contributed by atoms with van der Waals surface area (Å²) < 4.78 is 42.0. The number of hydrogen-bond donors (Lipinski definition) is 1. The maximum absolute atomic E-state index is 12.4. The summed E-state index contributed by atoms with van der Waals surface area (Å²) in [6.07, 6.45) is -4.91. The van der Waals surface area contributed by atoms with Gasteiger partial charge < -0.3 is 10.1 Å². The van der Waals surface area contributed by atoms with Crippen LogP contribution in [0.25, 0.3) is 0 Å². The fourth-order valence-corrected chi connectivity index (χ4v) is 2.21. The van der Waals surface area contributed by atoms with Crippen LogP contribution in [0, 0.1) is 24.0 Å². The van der Waals surface area contributed by atoms with Crippen molar-refractivity contribution in [2.45, 2.75) is 26.8 Å². The van der Waals surface area contributed by atoms with Crippen molar-refractivity contribution < 1.29 is 27.6 Å². The van der Waals surface area contributed by atoms with Gasteiger partial charge in [-0.25, -0.2) is 0 Å². The SMILES string of the molecule is Cc1nn(CC(=O)Nc2ccccc2OC(F)(F)F)c(C)c1[N+](=O)[O-]. The summed E-state index contributed by atoms with van der Waals surface area (Å²) in [5, 5.41) is 17.1. The van der Waals surface area contributed by atoms with Gasteiger partial charge in [-0.3, -0.25) is 19.6 Å². The number of anilines is 1.